The van der Waals surface area contributed by atoms with Crippen molar-refractivity contribution < 1.29 is 5.11 Å². The van der Waals surface area contributed by atoms with Crippen molar-refractivity contribution in [2.24, 2.45) is 0 Å². The third-order valence-electron chi connectivity index (χ3n) is 2.26. The highest BCUT2D eigenvalue weighted by Gasteiger charge is 2.13. The Morgan fingerprint density at radius 3 is 3.00 bits per heavy atom. The van der Waals surface area contributed by atoms with E-state index in [9.17, 15) is 0 Å². The Hall–Kier alpha value is -0.120. The van der Waals surface area contributed by atoms with Gasteiger partial charge in [0.25, 0.3) is 0 Å². The predicted molar refractivity (Wildman–Crippen MR) is 45.6 cm³/mol. The highest BCUT2D eigenvalue weighted by Crippen LogP contribution is 2.00. The minimum absolute atomic E-state index is 0.278. The number of hydrogen-bond donors (Lipinski definition) is 2. The van der Waals surface area contributed by atoms with Gasteiger partial charge in [-0.3, -0.25) is 4.90 Å². The first kappa shape index (κ1) is 8.97. The van der Waals surface area contributed by atoms with Crippen LogP contribution in [0.2, 0.25) is 0 Å². The molecular formula is C8H18N2O. The topological polar surface area (TPSA) is 35.5 Å². The number of hydrogen-bond acceptors (Lipinski definition) is 3. The maximum atomic E-state index is 8.92. The van der Waals surface area contributed by atoms with Crippen molar-refractivity contribution in [3.8, 4) is 0 Å². The van der Waals surface area contributed by atoms with Gasteiger partial charge in [-0.1, -0.05) is 0 Å². The van der Waals surface area contributed by atoms with Crippen molar-refractivity contribution in [3.05, 3.63) is 0 Å². The van der Waals surface area contributed by atoms with Gasteiger partial charge >= 0.3 is 0 Å². The quantitative estimate of drug-likeness (QED) is 0.577. The number of rotatable bonds is 2. The zero-order valence-electron chi connectivity index (χ0n) is 7.21. The van der Waals surface area contributed by atoms with Crippen LogP contribution in [0, 0.1) is 0 Å². The summed E-state index contributed by atoms with van der Waals surface area (Å²) < 4.78 is 0. The fourth-order valence-electron chi connectivity index (χ4n) is 1.42. The van der Waals surface area contributed by atoms with Gasteiger partial charge in [-0.25, -0.2) is 0 Å². The molecule has 11 heavy (non-hydrogen) atoms. The summed E-state index contributed by atoms with van der Waals surface area (Å²) in [6, 6.07) is 0.329. The van der Waals surface area contributed by atoms with Gasteiger partial charge in [0.05, 0.1) is 6.61 Å². The molecule has 0 spiro atoms. The first-order valence-corrected chi connectivity index (χ1v) is 4.40. The van der Waals surface area contributed by atoms with Gasteiger partial charge in [0, 0.05) is 19.1 Å². The second-order valence-electron chi connectivity index (χ2n) is 3.17. The maximum absolute atomic E-state index is 8.92. The third-order valence-corrected chi connectivity index (χ3v) is 2.26. The van der Waals surface area contributed by atoms with E-state index in [0.29, 0.717) is 6.04 Å². The Bertz CT molecular complexity index is 100. The molecule has 1 aliphatic rings. The molecule has 1 fully saturated rings. The minimum atomic E-state index is 0.278. The molecule has 1 aliphatic heterocycles. The second-order valence-corrected chi connectivity index (χ2v) is 3.17. The van der Waals surface area contributed by atoms with Gasteiger partial charge < -0.3 is 10.4 Å². The fraction of sp³-hybridized carbons (Fsp3) is 1.00. The SMILES string of the molecule is CC(CO)N1CCCNCC1. The minimum Gasteiger partial charge on any atom is -0.395 e. The third kappa shape index (κ3) is 2.77. The maximum Gasteiger partial charge on any atom is 0.0584 e. The Kier molecular flexibility index (Phi) is 3.83. The van der Waals surface area contributed by atoms with Crippen molar-refractivity contribution >= 4 is 0 Å². The normalized spacial score (nSPS) is 24.5. The molecule has 3 heteroatoms. The lowest BCUT2D eigenvalue weighted by atomic mass is 10.3. The highest BCUT2D eigenvalue weighted by atomic mass is 16.3. The summed E-state index contributed by atoms with van der Waals surface area (Å²) in [6.45, 7) is 6.72. The van der Waals surface area contributed by atoms with Crippen LogP contribution in [0.25, 0.3) is 0 Å². The van der Waals surface area contributed by atoms with Gasteiger partial charge in [-0.2, -0.15) is 0 Å². The molecule has 0 aromatic rings. The number of aliphatic hydroxyl groups excluding tert-OH is 1. The van der Waals surface area contributed by atoms with E-state index in [1.165, 1.54) is 6.42 Å². The Labute approximate surface area is 68.4 Å². The van der Waals surface area contributed by atoms with Crippen LogP contribution in [0.1, 0.15) is 13.3 Å². The molecule has 1 saturated heterocycles. The predicted octanol–water partition coefficient (Wildman–Crippen LogP) is -0.337. The van der Waals surface area contributed by atoms with Gasteiger partial charge in [-0.05, 0) is 26.4 Å². The van der Waals surface area contributed by atoms with Crippen LogP contribution >= 0.6 is 0 Å². The Morgan fingerprint density at radius 1 is 1.45 bits per heavy atom. The molecule has 0 bridgehead atoms. The summed E-state index contributed by atoms with van der Waals surface area (Å²) >= 11 is 0. The molecule has 0 saturated carbocycles. The van der Waals surface area contributed by atoms with E-state index < -0.39 is 0 Å². The van der Waals surface area contributed by atoms with Crippen molar-refractivity contribution in [1.82, 2.24) is 10.2 Å². The van der Waals surface area contributed by atoms with Crippen LogP contribution < -0.4 is 5.32 Å². The molecule has 1 heterocycles. The zero-order valence-corrected chi connectivity index (χ0v) is 7.21. The largest absolute Gasteiger partial charge is 0.395 e. The van der Waals surface area contributed by atoms with Crippen molar-refractivity contribution in [2.45, 2.75) is 19.4 Å². The van der Waals surface area contributed by atoms with E-state index in [4.69, 9.17) is 5.11 Å². The molecule has 0 amide bonds. The van der Waals surface area contributed by atoms with Crippen molar-refractivity contribution in [3.63, 3.8) is 0 Å². The van der Waals surface area contributed by atoms with Crippen LogP contribution in [0.3, 0.4) is 0 Å². The van der Waals surface area contributed by atoms with E-state index in [2.05, 4.69) is 17.1 Å². The van der Waals surface area contributed by atoms with Gasteiger partial charge in [0.15, 0.2) is 0 Å². The van der Waals surface area contributed by atoms with Crippen molar-refractivity contribution in [1.29, 1.82) is 0 Å². The lowest BCUT2D eigenvalue weighted by Crippen LogP contribution is -2.38. The van der Waals surface area contributed by atoms with E-state index in [0.717, 1.165) is 26.2 Å². The van der Waals surface area contributed by atoms with E-state index in [1.807, 2.05) is 0 Å². The number of nitrogens with one attached hydrogen (secondary N) is 1. The van der Waals surface area contributed by atoms with Gasteiger partial charge in [-0.15, -0.1) is 0 Å². The molecule has 3 nitrogen and oxygen atoms in total. The van der Waals surface area contributed by atoms with Gasteiger partial charge in [0.2, 0.25) is 0 Å². The second kappa shape index (κ2) is 4.70. The molecule has 2 N–H and O–H groups in total. The van der Waals surface area contributed by atoms with Gasteiger partial charge in [0.1, 0.15) is 0 Å². The van der Waals surface area contributed by atoms with Crippen LogP contribution in [0.4, 0.5) is 0 Å². The molecule has 0 aromatic carbocycles. The first-order chi connectivity index (χ1) is 5.34. The molecule has 0 radical (unpaired) electrons. The average molecular weight is 158 g/mol. The molecule has 1 atom stereocenters. The smallest absolute Gasteiger partial charge is 0.0584 e. The molecular weight excluding hydrogens is 140 g/mol. The van der Waals surface area contributed by atoms with Crippen LogP contribution in [0.15, 0.2) is 0 Å². The summed E-state index contributed by atoms with van der Waals surface area (Å²) in [5.74, 6) is 0. The highest BCUT2D eigenvalue weighted by molar-refractivity contribution is 4.70. The summed E-state index contributed by atoms with van der Waals surface area (Å²) in [5.41, 5.74) is 0. The van der Waals surface area contributed by atoms with E-state index in [1.54, 1.807) is 0 Å². The number of aliphatic hydroxyl groups is 1. The summed E-state index contributed by atoms with van der Waals surface area (Å²) in [5, 5.41) is 12.2. The zero-order chi connectivity index (χ0) is 8.10. The molecule has 66 valence electrons. The lowest BCUT2D eigenvalue weighted by molar-refractivity contribution is 0.141. The summed E-state index contributed by atoms with van der Waals surface area (Å²) in [6.07, 6.45) is 1.20. The molecule has 1 rings (SSSR count). The number of nitrogens with zero attached hydrogens (tertiary/aromatic N) is 1. The molecule has 0 aromatic heterocycles. The fourth-order valence-corrected chi connectivity index (χ4v) is 1.42. The van der Waals surface area contributed by atoms with E-state index in [-0.39, 0.29) is 6.61 Å². The van der Waals surface area contributed by atoms with Crippen LogP contribution in [0.5, 0.6) is 0 Å². The molecule has 0 aliphatic carbocycles. The Balaban J connectivity index is 2.30. The van der Waals surface area contributed by atoms with E-state index >= 15 is 0 Å². The summed E-state index contributed by atoms with van der Waals surface area (Å²) in [7, 11) is 0. The van der Waals surface area contributed by atoms with Crippen molar-refractivity contribution in [2.75, 3.05) is 32.8 Å². The monoisotopic (exact) mass is 158 g/mol. The molecule has 1 unspecified atom stereocenters. The lowest BCUT2D eigenvalue weighted by Gasteiger charge is -2.25. The summed E-state index contributed by atoms with van der Waals surface area (Å²) in [4.78, 5) is 2.33. The Morgan fingerprint density at radius 2 is 2.27 bits per heavy atom. The average Bonchev–Trinajstić information content (AvgIpc) is 2.30. The first-order valence-electron chi connectivity index (χ1n) is 4.40. The van der Waals surface area contributed by atoms with Crippen LogP contribution in [-0.4, -0.2) is 48.8 Å². The van der Waals surface area contributed by atoms with Crippen LogP contribution in [-0.2, 0) is 0 Å². The standard InChI is InChI=1S/C8H18N2O/c1-8(7-11)10-5-2-3-9-4-6-10/h8-9,11H,2-7H2,1H3.